The van der Waals surface area contributed by atoms with Crippen LogP contribution in [0.5, 0.6) is 0 Å². The molecule has 2 N–H and O–H groups in total. The predicted octanol–water partition coefficient (Wildman–Crippen LogP) is 4.57. The second-order valence-electron chi connectivity index (χ2n) is 13.1. The fourth-order valence-electron chi connectivity index (χ4n) is 9.62. The standard InChI is InChI=1S/C29H39F2NO5/c1-26-10-8-19(33)13-22(26)23(30)14-21-20-12-18-16-32(11-9-17-6-4-3-5-7-17)37-29(18,25(35)36)27(20,2)15-24(34)28(21,26)31/h8,10,13,17-18,20-21,23-24,34H,3-7,9,11-12,14-16H2,1-2H3,(H,35,36)/t18-,20-,21-,23-,24-,26-,27-,28-,29-/m0/s1. The van der Waals surface area contributed by atoms with Crippen LogP contribution in [0.25, 0.3) is 0 Å². The van der Waals surface area contributed by atoms with Crippen LogP contribution in [0.2, 0.25) is 0 Å². The molecule has 37 heavy (non-hydrogen) atoms. The van der Waals surface area contributed by atoms with E-state index in [9.17, 15) is 19.8 Å². The van der Waals surface area contributed by atoms with Crippen molar-refractivity contribution < 1.29 is 33.4 Å². The summed E-state index contributed by atoms with van der Waals surface area (Å²) in [5.41, 5.74) is -6.23. The molecule has 0 spiro atoms. The molecule has 0 radical (unpaired) electrons. The van der Waals surface area contributed by atoms with E-state index in [1.807, 2.05) is 0 Å². The summed E-state index contributed by atoms with van der Waals surface area (Å²) in [7, 11) is 0. The van der Waals surface area contributed by atoms with E-state index in [0.717, 1.165) is 6.42 Å². The third kappa shape index (κ3) is 3.24. The van der Waals surface area contributed by atoms with Crippen molar-refractivity contribution in [3.05, 3.63) is 23.8 Å². The van der Waals surface area contributed by atoms with E-state index in [0.29, 0.717) is 25.4 Å². The van der Waals surface area contributed by atoms with Crippen LogP contribution in [0.3, 0.4) is 0 Å². The summed E-state index contributed by atoms with van der Waals surface area (Å²) in [6.45, 7) is 4.48. The number of rotatable bonds is 4. The van der Waals surface area contributed by atoms with Crippen LogP contribution < -0.4 is 0 Å². The Hall–Kier alpha value is -1.64. The lowest BCUT2D eigenvalue weighted by Gasteiger charge is -2.63. The van der Waals surface area contributed by atoms with Crippen molar-refractivity contribution in [2.75, 3.05) is 13.1 Å². The van der Waals surface area contributed by atoms with Gasteiger partial charge in [0.25, 0.3) is 0 Å². The quantitative estimate of drug-likeness (QED) is 0.566. The molecule has 0 bridgehead atoms. The van der Waals surface area contributed by atoms with Gasteiger partial charge >= 0.3 is 5.97 Å². The first-order valence-corrected chi connectivity index (χ1v) is 14.1. The number of ketones is 1. The number of aliphatic hydroxyl groups is 1. The minimum absolute atomic E-state index is 0.0812. The summed E-state index contributed by atoms with van der Waals surface area (Å²) in [6.07, 6.45) is 8.08. The molecule has 1 aliphatic heterocycles. The van der Waals surface area contributed by atoms with Crippen LogP contribution in [0.1, 0.15) is 71.6 Å². The highest BCUT2D eigenvalue weighted by Crippen LogP contribution is 2.72. The van der Waals surface area contributed by atoms with Gasteiger partial charge in [-0.15, -0.1) is 0 Å². The van der Waals surface area contributed by atoms with E-state index in [2.05, 4.69) is 0 Å². The van der Waals surface area contributed by atoms with Gasteiger partial charge in [0, 0.05) is 35.8 Å². The molecule has 1 saturated heterocycles. The van der Waals surface area contributed by atoms with E-state index in [1.165, 1.54) is 50.3 Å². The lowest BCUT2D eigenvalue weighted by molar-refractivity contribution is -0.273. The molecular formula is C29H39F2NO5. The van der Waals surface area contributed by atoms with E-state index >= 15 is 8.78 Å². The number of allylic oxidation sites excluding steroid dienone is 4. The summed E-state index contributed by atoms with van der Waals surface area (Å²) in [5, 5.41) is 23.9. The van der Waals surface area contributed by atoms with Gasteiger partial charge in [0.05, 0.1) is 6.10 Å². The Kier molecular flexibility index (Phi) is 5.84. The van der Waals surface area contributed by atoms with E-state index < -0.39 is 52.2 Å². The molecule has 6 nitrogen and oxygen atoms in total. The lowest BCUT2D eigenvalue weighted by Crippen LogP contribution is -2.70. The number of carbonyl (C=O) groups excluding carboxylic acids is 1. The number of halogens is 2. The Labute approximate surface area is 217 Å². The Balaban J connectivity index is 1.32. The van der Waals surface area contributed by atoms with Crippen molar-refractivity contribution in [1.82, 2.24) is 5.06 Å². The monoisotopic (exact) mass is 519 g/mol. The first-order valence-electron chi connectivity index (χ1n) is 14.1. The molecule has 4 saturated carbocycles. The van der Waals surface area contributed by atoms with Crippen LogP contribution in [-0.4, -0.2) is 63.7 Å². The number of carboxylic acids is 1. The SMILES string of the molecule is C[C@]12C=CC(=O)C=C1[C@@H](F)C[C@H]1[C@@H]3C[C@H]4CN(CCC5CCCCC5)O[C@@]4(C(=O)O)[C@@]3(C)C[C@H](O)[C@@]12F. The van der Waals surface area contributed by atoms with Crippen LogP contribution >= 0.6 is 0 Å². The highest BCUT2D eigenvalue weighted by molar-refractivity contribution is 6.01. The maximum atomic E-state index is 17.3. The Bertz CT molecular complexity index is 1060. The normalized spacial score (nSPS) is 49.7. The number of hydrogen-bond donors (Lipinski definition) is 2. The van der Waals surface area contributed by atoms with Gasteiger partial charge in [0.2, 0.25) is 0 Å². The molecular weight excluding hydrogens is 480 g/mol. The molecule has 0 unspecified atom stereocenters. The number of fused-ring (bicyclic) bond motifs is 7. The lowest BCUT2D eigenvalue weighted by atomic mass is 9.44. The van der Waals surface area contributed by atoms with Gasteiger partial charge in [-0.3, -0.25) is 9.63 Å². The van der Waals surface area contributed by atoms with Crippen molar-refractivity contribution in [2.45, 2.75) is 95.2 Å². The average molecular weight is 520 g/mol. The number of carboxylic acid groups (broad SMARTS) is 1. The van der Waals surface area contributed by atoms with Gasteiger partial charge in [-0.05, 0) is 62.2 Å². The summed E-state index contributed by atoms with van der Waals surface area (Å²) in [6, 6.07) is 0. The van der Waals surface area contributed by atoms with Gasteiger partial charge in [-0.25, -0.2) is 13.6 Å². The minimum Gasteiger partial charge on any atom is -0.479 e. The molecule has 0 aromatic carbocycles. The molecule has 6 rings (SSSR count). The van der Waals surface area contributed by atoms with Crippen molar-refractivity contribution in [3.63, 3.8) is 0 Å². The highest BCUT2D eigenvalue weighted by atomic mass is 19.1. The fraction of sp³-hybridized carbons (Fsp3) is 0.793. The van der Waals surface area contributed by atoms with Crippen LogP contribution in [0, 0.1) is 34.5 Å². The van der Waals surface area contributed by atoms with Crippen molar-refractivity contribution in [3.8, 4) is 0 Å². The maximum absolute atomic E-state index is 17.3. The van der Waals surface area contributed by atoms with Crippen molar-refractivity contribution in [1.29, 1.82) is 0 Å². The smallest absolute Gasteiger partial charge is 0.339 e. The number of aliphatic carboxylic acids is 1. The van der Waals surface area contributed by atoms with Crippen molar-refractivity contribution in [2.24, 2.45) is 34.5 Å². The predicted molar refractivity (Wildman–Crippen MR) is 132 cm³/mol. The van der Waals surface area contributed by atoms with E-state index in [1.54, 1.807) is 18.9 Å². The largest absolute Gasteiger partial charge is 0.479 e. The third-order valence-electron chi connectivity index (χ3n) is 11.5. The molecule has 0 amide bonds. The second-order valence-corrected chi connectivity index (χ2v) is 13.1. The van der Waals surface area contributed by atoms with Gasteiger partial charge in [0.15, 0.2) is 17.1 Å². The number of carbonyl (C=O) groups is 2. The number of hydrogen-bond acceptors (Lipinski definition) is 5. The first kappa shape index (κ1) is 25.6. The minimum atomic E-state index is -2.21. The highest BCUT2D eigenvalue weighted by Gasteiger charge is 2.80. The Morgan fingerprint density at radius 3 is 2.62 bits per heavy atom. The Morgan fingerprint density at radius 2 is 1.92 bits per heavy atom. The number of aliphatic hydroxyl groups excluding tert-OH is 1. The van der Waals surface area contributed by atoms with Gasteiger partial charge in [-0.2, -0.15) is 5.06 Å². The molecule has 0 aromatic heterocycles. The number of alkyl halides is 2. The average Bonchev–Trinajstić information content (AvgIpc) is 3.35. The molecule has 6 aliphatic rings. The zero-order valence-electron chi connectivity index (χ0n) is 21.8. The van der Waals surface area contributed by atoms with Gasteiger partial charge in [-0.1, -0.05) is 45.1 Å². The number of nitrogens with zero attached hydrogens (tertiary/aromatic N) is 1. The summed E-state index contributed by atoms with van der Waals surface area (Å²) >= 11 is 0. The molecule has 8 heteroatoms. The molecule has 5 aliphatic carbocycles. The first-order chi connectivity index (χ1) is 17.5. The zero-order chi connectivity index (χ0) is 26.4. The zero-order valence-corrected chi connectivity index (χ0v) is 21.8. The third-order valence-corrected chi connectivity index (χ3v) is 11.5. The second kappa shape index (κ2) is 8.43. The molecule has 1 heterocycles. The molecule has 204 valence electrons. The fourth-order valence-corrected chi connectivity index (χ4v) is 9.62. The van der Waals surface area contributed by atoms with E-state index in [4.69, 9.17) is 4.84 Å². The van der Waals surface area contributed by atoms with Gasteiger partial charge in [0.1, 0.15) is 6.17 Å². The van der Waals surface area contributed by atoms with Crippen LogP contribution in [-0.2, 0) is 14.4 Å². The molecule has 5 fully saturated rings. The van der Waals surface area contributed by atoms with Crippen molar-refractivity contribution >= 4 is 11.8 Å². The Morgan fingerprint density at radius 1 is 1.19 bits per heavy atom. The van der Waals surface area contributed by atoms with Gasteiger partial charge < -0.3 is 10.2 Å². The molecule has 9 atom stereocenters. The maximum Gasteiger partial charge on any atom is 0.339 e. The summed E-state index contributed by atoms with van der Waals surface area (Å²) in [4.78, 5) is 31.4. The summed E-state index contributed by atoms with van der Waals surface area (Å²) in [5.74, 6) is -2.56. The van der Waals surface area contributed by atoms with Crippen LogP contribution in [0.15, 0.2) is 23.8 Å². The number of hydroxylamine groups is 2. The molecule has 0 aromatic rings. The van der Waals surface area contributed by atoms with Crippen LogP contribution in [0.4, 0.5) is 8.78 Å². The van der Waals surface area contributed by atoms with E-state index in [-0.39, 0.29) is 30.1 Å². The topological polar surface area (TPSA) is 87.1 Å². The summed E-state index contributed by atoms with van der Waals surface area (Å²) < 4.78 is 32.9.